The zero-order chi connectivity index (χ0) is 77.6. The van der Waals surface area contributed by atoms with E-state index in [1.165, 1.54) is 0 Å². The smallest absolute Gasteiger partial charge is 0.328 e. The first kappa shape index (κ1) is 90.5. The van der Waals surface area contributed by atoms with Crippen LogP contribution < -0.4 is 0 Å². The van der Waals surface area contributed by atoms with Crippen molar-refractivity contribution in [1.29, 1.82) is 0 Å². The van der Waals surface area contributed by atoms with Gasteiger partial charge in [0.2, 0.25) is 0 Å². The molecule has 548 valence electrons. The highest BCUT2D eigenvalue weighted by Gasteiger charge is 2.31. The summed E-state index contributed by atoms with van der Waals surface area (Å²) < 4.78 is 0. The summed E-state index contributed by atoms with van der Waals surface area (Å²) in [5.41, 5.74) is 7.92. The molecule has 5 rings (SSSR count). The Labute approximate surface area is 589 Å². The van der Waals surface area contributed by atoms with Crippen molar-refractivity contribution in [3.05, 3.63) is 182 Å². The van der Waals surface area contributed by atoms with Crippen molar-refractivity contribution in [2.24, 2.45) is 5.41 Å². The summed E-state index contributed by atoms with van der Waals surface area (Å²) in [6, 6.07) is 22.1. The molecule has 0 aliphatic rings. The summed E-state index contributed by atoms with van der Waals surface area (Å²) in [5.74, 6) is -2.35. The van der Waals surface area contributed by atoms with Gasteiger partial charge in [0.15, 0.2) is 0 Å². The molecule has 0 saturated heterocycles. The van der Waals surface area contributed by atoms with Gasteiger partial charge in [0.1, 0.15) is 28.7 Å². The highest BCUT2D eigenvalue weighted by molar-refractivity contribution is 5.87. The number of carboxylic acid groups (broad SMARTS) is 4. The molecule has 0 saturated carbocycles. The molecule has 17 heteroatoms. The Balaban J connectivity index is 0.00000119. The van der Waals surface area contributed by atoms with Crippen molar-refractivity contribution in [2.75, 3.05) is 26.4 Å². The summed E-state index contributed by atoms with van der Waals surface area (Å²) in [4.78, 5) is 42.7. The van der Waals surface area contributed by atoms with Gasteiger partial charge < -0.3 is 66.4 Å². The highest BCUT2D eigenvalue weighted by Crippen LogP contribution is 2.44. The van der Waals surface area contributed by atoms with E-state index in [-0.39, 0.29) is 43.3 Å². The molecule has 17 nitrogen and oxygen atoms in total. The molecule has 0 fully saturated rings. The average molecular weight is 1380 g/mol. The molecule has 0 unspecified atom stereocenters. The molecule has 0 atom stereocenters. The molecule has 5 aromatic rings. The van der Waals surface area contributed by atoms with Gasteiger partial charge in [-0.2, -0.15) is 0 Å². The maximum atomic E-state index is 10.7. The number of phenols is 5. The van der Waals surface area contributed by atoms with Gasteiger partial charge in [-0.1, -0.05) is 190 Å². The Hall–Kier alpha value is -8.48. The molecule has 0 amide bonds. The number of allylic oxidation sites excluding steroid dienone is 1. The number of benzene rings is 5. The van der Waals surface area contributed by atoms with Gasteiger partial charge in [0.05, 0.1) is 31.8 Å². The van der Waals surface area contributed by atoms with Crippen molar-refractivity contribution in [2.45, 2.75) is 216 Å². The van der Waals surface area contributed by atoms with E-state index in [0.29, 0.717) is 28.7 Å². The van der Waals surface area contributed by atoms with E-state index in [9.17, 15) is 44.7 Å². The van der Waals surface area contributed by atoms with Crippen LogP contribution in [-0.4, -0.2) is 117 Å². The van der Waals surface area contributed by atoms with Crippen LogP contribution in [0.25, 0.3) is 24.3 Å². The summed E-state index contributed by atoms with van der Waals surface area (Å²) in [6.07, 6.45) is 13.2. The predicted octanol–water partition coefficient (Wildman–Crippen LogP) is 16.4. The summed E-state index contributed by atoms with van der Waals surface area (Å²) in [6.45, 7) is 50.6. The third-order valence-electron chi connectivity index (χ3n) is 15.4. The van der Waals surface area contributed by atoms with Crippen LogP contribution in [0.1, 0.15) is 238 Å². The van der Waals surface area contributed by atoms with Crippen LogP contribution in [0.3, 0.4) is 0 Å². The molecule has 13 N–H and O–H groups in total. The molecule has 0 heterocycles. The Morgan fingerprint density at radius 3 is 0.616 bits per heavy atom. The number of rotatable bonds is 14. The van der Waals surface area contributed by atoms with Crippen molar-refractivity contribution in [1.82, 2.24) is 0 Å². The maximum absolute atomic E-state index is 10.7. The van der Waals surface area contributed by atoms with E-state index in [0.717, 1.165) is 103 Å². The van der Waals surface area contributed by atoms with Crippen molar-refractivity contribution in [3.8, 4) is 28.7 Å². The second-order valence-electron chi connectivity index (χ2n) is 32.8. The zero-order valence-electron chi connectivity index (χ0n) is 63.3. The second-order valence-corrected chi connectivity index (χ2v) is 32.8. The van der Waals surface area contributed by atoms with E-state index in [1.807, 2.05) is 233 Å². The van der Waals surface area contributed by atoms with Crippen molar-refractivity contribution in [3.63, 3.8) is 0 Å². The number of aliphatic hydroxyl groups is 4. The number of carbonyl (C=O) groups is 4. The Morgan fingerprint density at radius 2 is 0.495 bits per heavy atom. The van der Waals surface area contributed by atoms with E-state index in [1.54, 1.807) is 36.4 Å². The van der Waals surface area contributed by atoms with E-state index in [2.05, 4.69) is 6.58 Å². The summed E-state index contributed by atoms with van der Waals surface area (Å²) in [7, 11) is 0. The third kappa shape index (κ3) is 30.7. The Morgan fingerprint density at radius 1 is 0.323 bits per heavy atom. The third-order valence-corrected chi connectivity index (χ3v) is 15.4. The molecule has 0 aromatic heterocycles. The quantitative estimate of drug-likeness (QED) is 0.0363. The summed E-state index contributed by atoms with van der Waals surface area (Å²) >= 11 is 0. The van der Waals surface area contributed by atoms with Gasteiger partial charge in [-0.25, -0.2) is 19.2 Å². The van der Waals surface area contributed by atoms with Crippen LogP contribution in [0.4, 0.5) is 0 Å². The standard InChI is InChI=1S/4C17H24O3.C9H10O.C5H12O4/c4*1-16(2,3)12-9-11(7-8-14(18)19)10-13(15(12)20)17(4,5)6;1-2-5-8-6-3-4-7-9(8)10;6-1-5(2-7,3-8)4-9/h4*7-10,20H,1-6H3,(H,18,19);2-4,6-7,10H,1,5H2;6-9H,1-4H2. The molecule has 5 aromatic carbocycles. The van der Waals surface area contributed by atoms with Gasteiger partial charge in [-0.15, -0.1) is 6.58 Å². The first-order valence-corrected chi connectivity index (χ1v) is 32.8. The molecular formula is C82H118O17. The topological polar surface area (TPSA) is 331 Å². The zero-order valence-corrected chi connectivity index (χ0v) is 63.3. The van der Waals surface area contributed by atoms with Crippen molar-refractivity contribution >= 4 is 48.2 Å². The van der Waals surface area contributed by atoms with Crippen LogP contribution >= 0.6 is 0 Å². The monoisotopic (exact) mass is 1370 g/mol. The van der Waals surface area contributed by atoms with Gasteiger partial charge in [-0.3, -0.25) is 0 Å². The molecule has 0 radical (unpaired) electrons. The molecular weight excluding hydrogens is 1260 g/mol. The molecule has 0 aliphatic heterocycles. The SMILES string of the molecule is C=CCc1ccccc1O.CC(C)(C)c1cc(C=CC(=O)O)cc(C(C)(C)C)c1O.CC(C)(C)c1cc(C=CC(=O)O)cc(C(C)(C)C)c1O.CC(C)(C)c1cc(C=CC(=O)O)cc(C(C)(C)C)c1O.CC(C)(C)c1cc(C=CC(=O)O)cc(C(C)(C)C)c1O.OCC(CO)(CO)CO. The number of phenolic OH excluding ortho intramolecular Hbond substituents is 5. The van der Waals surface area contributed by atoms with Gasteiger partial charge >= 0.3 is 23.9 Å². The number of para-hydroxylation sites is 1. The Bertz CT molecular complexity index is 3060. The minimum Gasteiger partial charge on any atom is -0.508 e. The second kappa shape index (κ2) is 37.1. The lowest BCUT2D eigenvalue weighted by Gasteiger charge is -2.27. The van der Waals surface area contributed by atoms with Crippen LogP contribution in [0.2, 0.25) is 0 Å². The van der Waals surface area contributed by atoms with E-state index >= 15 is 0 Å². The maximum Gasteiger partial charge on any atom is 0.328 e. The van der Waals surface area contributed by atoms with Crippen LogP contribution in [0, 0.1) is 5.41 Å². The van der Waals surface area contributed by atoms with Crippen LogP contribution in [0.5, 0.6) is 28.7 Å². The lowest BCUT2D eigenvalue weighted by molar-refractivity contribution is -0.132. The lowest BCUT2D eigenvalue weighted by Crippen LogP contribution is -2.37. The molecule has 99 heavy (non-hydrogen) atoms. The largest absolute Gasteiger partial charge is 0.508 e. The number of hydrogen-bond donors (Lipinski definition) is 13. The molecule has 0 bridgehead atoms. The van der Waals surface area contributed by atoms with Gasteiger partial charge in [0, 0.05) is 68.8 Å². The number of aliphatic carboxylic acids is 4. The molecule has 0 aliphatic carbocycles. The van der Waals surface area contributed by atoms with Gasteiger partial charge in [0.25, 0.3) is 0 Å². The fourth-order valence-electron chi connectivity index (χ4n) is 9.39. The predicted molar refractivity (Wildman–Crippen MR) is 401 cm³/mol. The fraction of sp³-hybridized carbons (Fsp3) is 0.463. The number of aromatic hydroxyl groups is 5. The first-order valence-electron chi connectivity index (χ1n) is 32.8. The minimum absolute atomic E-state index is 0.211. The van der Waals surface area contributed by atoms with E-state index < -0.39 is 55.7 Å². The minimum atomic E-state index is -1.11. The number of carboxylic acids is 4. The highest BCUT2D eigenvalue weighted by atomic mass is 16.4. The lowest BCUT2D eigenvalue weighted by atomic mass is 9.78. The van der Waals surface area contributed by atoms with Crippen LogP contribution in [0.15, 0.2) is 110 Å². The van der Waals surface area contributed by atoms with Crippen molar-refractivity contribution < 1.29 is 85.6 Å². The van der Waals surface area contributed by atoms with E-state index in [4.69, 9.17) is 40.9 Å². The fourth-order valence-corrected chi connectivity index (χ4v) is 9.39. The normalized spacial score (nSPS) is 12.4. The Kier molecular flexibility index (Phi) is 33.9. The van der Waals surface area contributed by atoms with Gasteiger partial charge in [-0.05, 0) is 156 Å². The first-order chi connectivity index (χ1) is 44.8. The number of aliphatic hydroxyl groups excluding tert-OH is 4. The molecule has 0 spiro atoms. The number of hydrogen-bond acceptors (Lipinski definition) is 13. The van der Waals surface area contributed by atoms with Crippen LogP contribution in [-0.2, 0) is 68.9 Å². The summed E-state index contributed by atoms with van der Waals surface area (Å²) in [5, 5.41) is 120. The average Bonchev–Trinajstić information content (AvgIpc) is 0.807.